The van der Waals surface area contributed by atoms with Gasteiger partial charge in [0.15, 0.2) is 5.78 Å². The first-order valence-corrected chi connectivity index (χ1v) is 10.4. The van der Waals surface area contributed by atoms with Crippen LogP contribution in [0.1, 0.15) is 28.2 Å². The van der Waals surface area contributed by atoms with Crippen molar-refractivity contribution in [3.8, 4) is 0 Å². The fraction of sp³-hybridized carbons (Fsp3) is 0.158. The van der Waals surface area contributed by atoms with Gasteiger partial charge in [0.2, 0.25) is 10.0 Å². The maximum atomic E-state index is 13.2. The Hall–Kier alpha value is -2.75. The number of ketones is 1. The molecule has 0 amide bonds. The Labute approximate surface area is 172 Å². The van der Waals surface area contributed by atoms with Crippen LogP contribution in [0.4, 0.5) is 4.39 Å². The third-order valence-electron chi connectivity index (χ3n) is 4.04. The first-order chi connectivity index (χ1) is 13.8. The number of nitrogens with zero attached hydrogens (tertiary/aromatic N) is 3. The zero-order valence-corrected chi connectivity index (χ0v) is 16.6. The third-order valence-corrected chi connectivity index (χ3v) is 5.73. The summed E-state index contributed by atoms with van der Waals surface area (Å²) in [6.45, 7) is -0.0905. The normalized spacial score (nSPS) is 11.4. The van der Waals surface area contributed by atoms with Crippen LogP contribution in [-0.2, 0) is 23.0 Å². The monoisotopic (exact) mass is 434 g/mol. The highest BCUT2D eigenvalue weighted by Crippen LogP contribution is 2.19. The molecule has 1 aromatic carbocycles. The van der Waals surface area contributed by atoms with Crippen molar-refractivity contribution in [2.24, 2.45) is 0 Å². The molecule has 10 heteroatoms. The Morgan fingerprint density at radius 1 is 1.10 bits per heavy atom. The minimum atomic E-state index is -3.88. The van der Waals surface area contributed by atoms with Crippen LogP contribution >= 0.6 is 11.6 Å². The fourth-order valence-corrected chi connectivity index (χ4v) is 3.71. The quantitative estimate of drug-likeness (QED) is 0.547. The van der Waals surface area contributed by atoms with Crippen molar-refractivity contribution >= 4 is 27.4 Å². The van der Waals surface area contributed by atoms with Crippen LogP contribution in [0.25, 0.3) is 0 Å². The van der Waals surface area contributed by atoms with E-state index >= 15 is 0 Å². The van der Waals surface area contributed by atoms with Gasteiger partial charge in [-0.15, -0.1) is 0 Å². The molecule has 0 fully saturated rings. The van der Waals surface area contributed by atoms with Crippen molar-refractivity contribution in [3.05, 3.63) is 82.9 Å². The van der Waals surface area contributed by atoms with E-state index in [9.17, 15) is 17.6 Å². The van der Waals surface area contributed by atoms with Crippen LogP contribution in [0.3, 0.4) is 0 Å². The van der Waals surface area contributed by atoms with E-state index in [-0.39, 0.29) is 28.7 Å². The van der Waals surface area contributed by atoms with Gasteiger partial charge in [0.05, 0.1) is 22.2 Å². The lowest BCUT2D eigenvalue weighted by atomic mass is 10.1. The third kappa shape index (κ3) is 5.63. The molecule has 0 aliphatic carbocycles. The molecular weight excluding hydrogens is 419 g/mol. The Morgan fingerprint density at radius 2 is 1.93 bits per heavy atom. The number of benzene rings is 1. The molecule has 0 spiro atoms. The van der Waals surface area contributed by atoms with Crippen molar-refractivity contribution in [3.63, 3.8) is 0 Å². The Morgan fingerprint density at radius 3 is 2.59 bits per heavy atom. The van der Waals surface area contributed by atoms with Crippen molar-refractivity contribution in [2.45, 2.75) is 24.3 Å². The molecule has 1 N–H and O–H groups in total. The summed E-state index contributed by atoms with van der Waals surface area (Å²) in [6, 6.07) is 8.04. The van der Waals surface area contributed by atoms with Gasteiger partial charge in [0, 0.05) is 30.1 Å². The molecule has 0 unspecified atom stereocenters. The summed E-state index contributed by atoms with van der Waals surface area (Å²) in [5.41, 5.74) is 1.62. The zero-order chi connectivity index (χ0) is 20.9. The Kier molecular flexibility index (Phi) is 6.63. The van der Waals surface area contributed by atoms with Gasteiger partial charge in [0.1, 0.15) is 12.1 Å². The van der Waals surface area contributed by atoms with Crippen molar-refractivity contribution in [1.82, 2.24) is 19.7 Å². The molecule has 0 radical (unpaired) electrons. The van der Waals surface area contributed by atoms with Crippen LogP contribution in [0.15, 0.2) is 60.0 Å². The predicted molar refractivity (Wildman–Crippen MR) is 104 cm³/mol. The number of carbonyl (C=O) groups is 1. The lowest BCUT2D eigenvalue weighted by Crippen LogP contribution is -2.23. The summed E-state index contributed by atoms with van der Waals surface area (Å²) in [7, 11) is -3.88. The van der Waals surface area contributed by atoms with Gasteiger partial charge in [-0.3, -0.25) is 9.78 Å². The zero-order valence-electron chi connectivity index (χ0n) is 15.0. The summed E-state index contributed by atoms with van der Waals surface area (Å²) in [5.74, 6) is -0.795. The minimum absolute atomic E-state index is 0.0905. The summed E-state index contributed by atoms with van der Waals surface area (Å²) in [4.78, 5) is 24.1. The van der Waals surface area contributed by atoms with Crippen LogP contribution in [0.5, 0.6) is 0 Å². The summed E-state index contributed by atoms with van der Waals surface area (Å²) >= 11 is 5.63. The molecule has 0 aliphatic heterocycles. The molecule has 150 valence electrons. The molecule has 29 heavy (non-hydrogen) atoms. The average Bonchev–Trinajstić information content (AvgIpc) is 2.73. The molecule has 0 atom stereocenters. The average molecular weight is 435 g/mol. The maximum absolute atomic E-state index is 13.2. The molecule has 7 nitrogen and oxygen atoms in total. The number of carbonyl (C=O) groups excluding carboxylic acids is 1. The molecule has 3 aromatic rings. The molecule has 2 heterocycles. The number of hydrogen-bond donors (Lipinski definition) is 1. The van der Waals surface area contributed by atoms with E-state index in [0.29, 0.717) is 17.7 Å². The van der Waals surface area contributed by atoms with Gasteiger partial charge >= 0.3 is 0 Å². The number of Topliss-reactive ketones (excluding diaryl/α,β-unsaturated/α-hetero) is 1. The topological polar surface area (TPSA) is 102 Å². The molecule has 0 aliphatic rings. The maximum Gasteiger partial charge on any atom is 0.240 e. The van der Waals surface area contributed by atoms with Gasteiger partial charge in [0.25, 0.3) is 0 Å². The largest absolute Gasteiger partial charge is 0.294 e. The van der Waals surface area contributed by atoms with E-state index in [2.05, 4.69) is 19.7 Å². The number of sulfonamides is 1. The Bertz CT molecular complexity index is 1110. The number of rotatable bonds is 8. The second-order valence-electron chi connectivity index (χ2n) is 6.06. The number of hydrogen-bond acceptors (Lipinski definition) is 6. The second kappa shape index (κ2) is 9.17. The number of aromatic nitrogens is 3. The Balaban J connectivity index is 1.58. The van der Waals surface area contributed by atoms with E-state index in [1.54, 1.807) is 24.4 Å². The lowest BCUT2D eigenvalue weighted by Gasteiger charge is -2.08. The number of aryl methyl sites for hydroxylation is 1. The lowest BCUT2D eigenvalue weighted by molar-refractivity contribution is 0.0982. The number of nitrogens with one attached hydrogen (secondary N) is 1. The van der Waals surface area contributed by atoms with E-state index in [1.807, 2.05) is 0 Å². The fourth-order valence-electron chi connectivity index (χ4n) is 2.44. The van der Waals surface area contributed by atoms with Crippen molar-refractivity contribution < 1.29 is 17.6 Å². The molecule has 0 saturated carbocycles. The standard InChI is InChI=1S/C19H16ClFN4O3S/c20-17-9-16(4-5-18(17)21)29(27,28)25-11-15-2-1-13(10-23-15)19(26)6-3-14-7-8-22-12-24-14/h1-2,4-5,7-10,12,25H,3,6,11H2. The van der Waals surface area contributed by atoms with Gasteiger partial charge < -0.3 is 0 Å². The van der Waals surface area contributed by atoms with Crippen molar-refractivity contribution in [1.29, 1.82) is 0 Å². The second-order valence-corrected chi connectivity index (χ2v) is 8.24. The van der Waals surface area contributed by atoms with Gasteiger partial charge in [-0.05, 0) is 42.8 Å². The van der Waals surface area contributed by atoms with Gasteiger partial charge in [-0.25, -0.2) is 27.5 Å². The van der Waals surface area contributed by atoms with E-state index in [4.69, 9.17) is 11.6 Å². The van der Waals surface area contributed by atoms with Gasteiger partial charge in [-0.1, -0.05) is 11.6 Å². The smallest absolute Gasteiger partial charge is 0.240 e. The molecule has 3 rings (SSSR count). The minimum Gasteiger partial charge on any atom is -0.294 e. The molecule has 0 saturated heterocycles. The first kappa shape index (κ1) is 21.0. The highest BCUT2D eigenvalue weighted by atomic mass is 35.5. The van der Waals surface area contributed by atoms with E-state index in [1.165, 1.54) is 12.5 Å². The summed E-state index contributed by atoms with van der Waals surface area (Å²) in [5, 5.41) is -0.282. The first-order valence-electron chi connectivity index (χ1n) is 8.53. The predicted octanol–water partition coefficient (Wildman–Crippen LogP) is 2.96. The summed E-state index contributed by atoms with van der Waals surface area (Å²) < 4.78 is 40.1. The molecule has 0 bridgehead atoms. The van der Waals surface area contributed by atoms with Gasteiger partial charge in [-0.2, -0.15) is 0 Å². The van der Waals surface area contributed by atoms with Crippen LogP contribution in [-0.4, -0.2) is 29.2 Å². The summed E-state index contributed by atoms with van der Waals surface area (Å²) in [6.07, 6.45) is 5.21. The van der Waals surface area contributed by atoms with Crippen LogP contribution in [0.2, 0.25) is 5.02 Å². The highest BCUT2D eigenvalue weighted by Gasteiger charge is 2.16. The van der Waals surface area contributed by atoms with Crippen LogP contribution in [0, 0.1) is 5.82 Å². The molecular formula is C19H16ClFN4O3S. The number of halogens is 2. The van der Waals surface area contributed by atoms with E-state index < -0.39 is 15.8 Å². The SMILES string of the molecule is O=C(CCc1ccncn1)c1ccc(CNS(=O)(=O)c2ccc(F)c(Cl)c2)nc1. The van der Waals surface area contributed by atoms with E-state index in [0.717, 1.165) is 23.9 Å². The van der Waals surface area contributed by atoms with Crippen LogP contribution < -0.4 is 4.72 Å². The molecule has 2 aromatic heterocycles. The van der Waals surface area contributed by atoms with Crippen molar-refractivity contribution in [2.75, 3.05) is 0 Å². The highest BCUT2D eigenvalue weighted by molar-refractivity contribution is 7.89. The number of pyridine rings is 1.